The van der Waals surface area contributed by atoms with Crippen molar-refractivity contribution in [2.45, 2.75) is 12.5 Å². The highest BCUT2D eigenvalue weighted by Gasteiger charge is 2.25. The monoisotopic (exact) mass is 265 g/mol. The molecule has 2 N–H and O–H groups in total. The molecule has 0 aliphatic carbocycles. The van der Waals surface area contributed by atoms with Gasteiger partial charge in [-0.1, -0.05) is 12.1 Å². The van der Waals surface area contributed by atoms with Crippen LogP contribution >= 0.6 is 0 Å². The van der Waals surface area contributed by atoms with E-state index in [9.17, 15) is 4.79 Å². The Morgan fingerprint density at radius 1 is 1.47 bits per heavy atom. The Hall–Kier alpha value is -1.79. The number of hydrogen-bond donors (Lipinski definition) is 2. The standard InChI is InChI=1S/C13H19N3O3/c1-18-11-5-3-4-10(8-11)12-6-7-14-9-16(12)15-13(17)19-2/h3-5,8,12,14H,6-7,9H2,1-2H3,(H,15,17). The summed E-state index contributed by atoms with van der Waals surface area (Å²) in [4.78, 5) is 11.4. The molecule has 0 radical (unpaired) electrons. The van der Waals surface area contributed by atoms with Crippen LogP contribution in [0, 0.1) is 0 Å². The Morgan fingerprint density at radius 3 is 3.05 bits per heavy atom. The van der Waals surface area contributed by atoms with Gasteiger partial charge in [0, 0.05) is 0 Å². The summed E-state index contributed by atoms with van der Waals surface area (Å²) in [6, 6.07) is 7.98. The highest BCUT2D eigenvalue weighted by atomic mass is 16.5. The molecule has 0 saturated carbocycles. The van der Waals surface area contributed by atoms with Crippen molar-refractivity contribution in [2.24, 2.45) is 0 Å². The lowest BCUT2D eigenvalue weighted by Crippen LogP contribution is -2.52. The van der Waals surface area contributed by atoms with E-state index in [1.54, 1.807) is 7.11 Å². The number of amides is 1. The van der Waals surface area contributed by atoms with Crippen molar-refractivity contribution in [2.75, 3.05) is 27.4 Å². The van der Waals surface area contributed by atoms with Gasteiger partial charge >= 0.3 is 6.09 Å². The van der Waals surface area contributed by atoms with Gasteiger partial charge in [0.25, 0.3) is 0 Å². The Bertz CT molecular complexity index is 439. The highest BCUT2D eigenvalue weighted by molar-refractivity contribution is 5.66. The highest BCUT2D eigenvalue weighted by Crippen LogP contribution is 2.27. The molecule has 1 aromatic rings. The van der Waals surface area contributed by atoms with Crippen molar-refractivity contribution in [1.82, 2.24) is 15.8 Å². The summed E-state index contributed by atoms with van der Waals surface area (Å²) >= 11 is 0. The van der Waals surface area contributed by atoms with Gasteiger partial charge in [-0.2, -0.15) is 5.01 Å². The zero-order chi connectivity index (χ0) is 13.7. The third kappa shape index (κ3) is 3.36. The van der Waals surface area contributed by atoms with Gasteiger partial charge in [0.15, 0.2) is 0 Å². The Balaban J connectivity index is 2.15. The molecule has 1 fully saturated rings. The number of hydrazine groups is 1. The van der Waals surface area contributed by atoms with Gasteiger partial charge in [-0.25, -0.2) is 4.79 Å². The summed E-state index contributed by atoms with van der Waals surface area (Å²) in [6.07, 6.45) is 0.438. The summed E-state index contributed by atoms with van der Waals surface area (Å²) < 4.78 is 9.87. The number of ether oxygens (including phenoxy) is 2. The first kappa shape index (κ1) is 13.6. The van der Waals surface area contributed by atoms with E-state index in [1.807, 2.05) is 29.3 Å². The van der Waals surface area contributed by atoms with Crippen LogP contribution in [0.2, 0.25) is 0 Å². The topological polar surface area (TPSA) is 62.8 Å². The second kappa shape index (κ2) is 6.40. The molecule has 0 bridgehead atoms. The van der Waals surface area contributed by atoms with Crippen LogP contribution < -0.4 is 15.5 Å². The van der Waals surface area contributed by atoms with Crippen molar-refractivity contribution >= 4 is 6.09 Å². The normalized spacial score (nSPS) is 19.8. The van der Waals surface area contributed by atoms with Gasteiger partial charge in [0.05, 0.1) is 26.9 Å². The van der Waals surface area contributed by atoms with E-state index in [2.05, 4.69) is 15.5 Å². The van der Waals surface area contributed by atoms with Gasteiger partial charge in [-0.3, -0.25) is 5.43 Å². The van der Waals surface area contributed by atoms with Gasteiger partial charge in [0.1, 0.15) is 5.75 Å². The van der Waals surface area contributed by atoms with E-state index in [-0.39, 0.29) is 6.04 Å². The lowest BCUT2D eigenvalue weighted by molar-refractivity contribution is 0.0655. The fraction of sp³-hybridized carbons (Fsp3) is 0.462. The summed E-state index contributed by atoms with van der Waals surface area (Å²) in [5.74, 6) is 0.814. The second-order valence-corrected chi connectivity index (χ2v) is 4.31. The van der Waals surface area contributed by atoms with Crippen molar-refractivity contribution in [3.63, 3.8) is 0 Å². The Labute approximate surface area is 112 Å². The maximum absolute atomic E-state index is 11.4. The molecule has 104 valence electrons. The SMILES string of the molecule is COC(=O)NN1CNCCC1c1cccc(OC)c1. The third-order valence-electron chi connectivity index (χ3n) is 3.15. The molecule has 19 heavy (non-hydrogen) atoms. The Kier molecular flexibility index (Phi) is 4.59. The van der Waals surface area contributed by atoms with Crippen LogP contribution in [0.3, 0.4) is 0 Å². The molecule has 0 aromatic heterocycles. The predicted molar refractivity (Wildman–Crippen MR) is 70.6 cm³/mol. The maximum Gasteiger partial charge on any atom is 0.421 e. The minimum absolute atomic E-state index is 0.107. The molecule has 6 nitrogen and oxygen atoms in total. The molecular formula is C13H19N3O3. The number of carbonyl (C=O) groups is 1. The molecule has 6 heteroatoms. The first-order valence-corrected chi connectivity index (χ1v) is 6.20. The number of hydrogen-bond acceptors (Lipinski definition) is 5. The van der Waals surface area contributed by atoms with Gasteiger partial charge < -0.3 is 14.8 Å². The van der Waals surface area contributed by atoms with Crippen LogP contribution in [0.15, 0.2) is 24.3 Å². The van der Waals surface area contributed by atoms with Crippen molar-refractivity contribution in [1.29, 1.82) is 0 Å². The molecule has 1 unspecified atom stereocenters. The van der Waals surface area contributed by atoms with Crippen molar-refractivity contribution in [3.8, 4) is 5.75 Å². The first-order chi connectivity index (χ1) is 9.24. The molecule has 1 atom stereocenters. The number of methoxy groups -OCH3 is 2. The van der Waals surface area contributed by atoms with E-state index >= 15 is 0 Å². The molecule has 2 rings (SSSR count). The van der Waals surface area contributed by atoms with Gasteiger partial charge in [-0.15, -0.1) is 0 Å². The first-order valence-electron chi connectivity index (χ1n) is 6.20. The van der Waals surface area contributed by atoms with Crippen LogP contribution in [-0.2, 0) is 4.74 Å². The number of nitrogens with zero attached hydrogens (tertiary/aromatic N) is 1. The van der Waals surface area contributed by atoms with E-state index in [0.29, 0.717) is 6.67 Å². The van der Waals surface area contributed by atoms with Crippen LogP contribution in [0.5, 0.6) is 5.75 Å². The van der Waals surface area contributed by atoms with Gasteiger partial charge in [0.2, 0.25) is 0 Å². The molecule has 1 heterocycles. The third-order valence-corrected chi connectivity index (χ3v) is 3.15. The second-order valence-electron chi connectivity index (χ2n) is 4.31. The maximum atomic E-state index is 11.4. The summed E-state index contributed by atoms with van der Waals surface area (Å²) in [5, 5.41) is 5.05. The molecule has 1 saturated heterocycles. The quantitative estimate of drug-likeness (QED) is 0.861. The Morgan fingerprint density at radius 2 is 2.32 bits per heavy atom. The van der Waals surface area contributed by atoms with Crippen molar-refractivity contribution in [3.05, 3.63) is 29.8 Å². The summed E-state index contributed by atoms with van der Waals surface area (Å²) in [5.41, 5.74) is 3.83. The van der Waals surface area contributed by atoms with Crippen LogP contribution in [0.4, 0.5) is 4.79 Å². The molecule has 1 amide bonds. The van der Waals surface area contributed by atoms with Crippen LogP contribution in [0.1, 0.15) is 18.0 Å². The largest absolute Gasteiger partial charge is 0.497 e. The number of carbonyl (C=O) groups excluding carboxylic acids is 1. The molecule has 0 spiro atoms. The molecule has 1 aliphatic rings. The fourth-order valence-electron chi connectivity index (χ4n) is 2.18. The number of nitrogens with one attached hydrogen (secondary N) is 2. The average molecular weight is 265 g/mol. The fourth-order valence-corrected chi connectivity index (χ4v) is 2.18. The smallest absolute Gasteiger partial charge is 0.421 e. The zero-order valence-electron chi connectivity index (χ0n) is 11.2. The lowest BCUT2D eigenvalue weighted by atomic mass is 10.0. The molecular weight excluding hydrogens is 246 g/mol. The zero-order valence-corrected chi connectivity index (χ0v) is 11.2. The van der Waals surface area contributed by atoms with E-state index in [0.717, 1.165) is 24.3 Å². The minimum atomic E-state index is -0.461. The molecule has 1 aromatic carbocycles. The number of rotatable bonds is 3. The summed E-state index contributed by atoms with van der Waals surface area (Å²) in [7, 11) is 3.00. The van der Waals surface area contributed by atoms with E-state index in [4.69, 9.17) is 4.74 Å². The van der Waals surface area contributed by atoms with E-state index in [1.165, 1.54) is 7.11 Å². The van der Waals surface area contributed by atoms with Gasteiger partial charge in [-0.05, 0) is 30.7 Å². The molecule has 1 aliphatic heterocycles. The summed E-state index contributed by atoms with van der Waals surface area (Å²) in [6.45, 7) is 1.48. The van der Waals surface area contributed by atoms with E-state index < -0.39 is 6.09 Å². The van der Waals surface area contributed by atoms with Crippen molar-refractivity contribution < 1.29 is 14.3 Å². The predicted octanol–water partition coefficient (Wildman–Crippen LogP) is 1.26. The average Bonchev–Trinajstić information content (AvgIpc) is 2.47. The van der Waals surface area contributed by atoms with Crippen LogP contribution in [-0.4, -0.2) is 38.5 Å². The minimum Gasteiger partial charge on any atom is -0.497 e. The lowest BCUT2D eigenvalue weighted by Gasteiger charge is -2.35. The van der Waals surface area contributed by atoms with Crippen LogP contribution in [0.25, 0.3) is 0 Å². The number of benzene rings is 1.